The van der Waals surface area contributed by atoms with E-state index in [0.29, 0.717) is 11.4 Å². The predicted octanol–water partition coefficient (Wildman–Crippen LogP) is 2.39. The van der Waals surface area contributed by atoms with Crippen molar-refractivity contribution in [3.8, 4) is 0 Å². The maximum absolute atomic E-state index is 11.9. The van der Waals surface area contributed by atoms with Gasteiger partial charge in [-0.2, -0.15) is 0 Å². The first kappa shape index (κ1) is 15.7. The predicted molar refractivity (Wildman–Crippen MR) is 72.4 cm³/mol. The van der Waals surface area contributed by atoms with E-state index in [0.717, 1.165) is 12.8 Å². The fraction of sp³-hybridized carbons (Fsp3) is 0.500. The standard InChI is InChI=1S/C12H19N3O.ClH/c1-4-12(3,5-2)15-11(16)10-7-6-9(13)8-14-10;/h6-8H,4-5,13H2,1-3H3,(H,15,16);1H. The van der Waals surface area contributed by atoms with E-state index in [9.17, 15) is 4.79 Å². The summed E-state index contributed by atoms with van der Waals surface area (Å²) in [5.74, 6) is -0.147. The summed E-state index contributed by atoms with van der Waals surface area (Å²) in [4.78, 5) is 15.9. The summed E-state index contributed by atoms with van der Waals surface area (Å²) in [6, 6.07) is 3.31. The number of amides is 1. The van der Waals surface area contributed by atoms with E-state index in [2.05, 4.69) is 24.1 Å². The molecule has 1 heterocycles. The van der Waals surface area contributed by atoms with Crippen molar-refractivity contribution in [1.82, 2.24) is 10.3 Å². The van der Waals surface area contributed by atoms with E-state index in [1.165, 1.54) is 6.20 Å². The molecule has 0 saturated heterocycles. The van der Waals surface area contributed by atoms with E-state index in [-0.39, 0.29) is 23.9 Å². The molecular weight excluding hydrogens is 238 g/mol. The molecule has 4 nitrogen and oxygen atoms in total. The van der Waals surface area contributed by atoms with Crippen LogP contribution in [-0.2, 0) is 0 Å². The molecule has 1 rings (SSSR count). The Kier molecular flexibility index (Phi) is 5.96. The van der Waals surface area contributed by atoms with E-state index in [1.54, 1.807) is 12.1 Å². The number of aromatic nitrogens is 1. The monoisotopic (exact) mass is 257 g/mol. The number of nitrogens with two attached hydrogens (primary N) is 1. The van der Waals surface area contributed by atoms with Crippen molar-refractivity contribution >= 4 is 24.0 Å². The second kappa shape index (κ2) is 6.45. The van der Waals surface area contributed by atoms with Gasteiger partial charge >= 0.3 is 0 Å². The minimum Gasteiger partial charge on any atom is -0.397 e. The highest BCUT2D eigenvalue weighted by Gasteiger charge is 2.22. The molecule has 0 saturated carbocycles. The van der Waals surface area contributed by atoms with Crippen LogP contribution in [-0.4, -0.2) is 16.4 Å². The van der Waals surface area contributed by atoms with Gasteiger partial charge in [-0.15, -0.1) is 12.4 Å². The molecule has 0 aliphatic rings. The van der Waals surface area contributed by atoms with Crippen LogP contribution in [0.1, 0.15) is 44.1 Å². The second-order valence-corrected chi connectivity index (χ2v) is 4.20. The molecule has 96 valence electrons. The lowest BCUT2D eigenvalue weighted by molar-refractivity contribution is 0.0896. The number of nitrogens with one attached hydrogen (secondary N) is 1. The number of carbonyl (C=O) groups is 1. The third kappa shape index (κ3) is 4.23. The van der Waals surface area contributed by atoms with Gasteiger partial charge in [0.05, 0.1) is 11.9 Å². The van der Waals surface area contributed by atoms with Gasteiger partial charge in [0.15, 0.2) is 0 Å². The number of hydrogen-bond acceptors (Lipinski definition) is 3. The zero-order chi connectivity index (χ0) is 12.2. The summed E-state index contributed by atoms with van der Waals surface area (Å²) in [5, 5.41) is 2.99. The zero-order valence-corrected chi connectivity index (χ0v) is 11.3. The Balaban J connectivity index is 0.00000256. The third-order valence-electron chi connectivity index (χ3n) is 2.99. The van der Waals surface area contributed by atoms with Gasteiger partial charge in [0.1, 0.15) is 5.69 Å². The van der Waals surface area contributed by atoms with Crippen molar-refractivity contribution < 1.29 is 4.79 Å². The number of nitrogen functional groups attached to an aromatic ring is 1. The second-order valence-electron chi connectivity index (χ2n) is 4.20. The molecule has 0 bridgehead atoms. The molecule has 0 radical (unpaired) electrons. The molecule has 0 spiro atoms. The van der Waals surface area contributed by atoms with Crippen LogP contribution in [0.4, 0.5) is 5.69 Å². The highest BCUT2D eigenvalue weighted by molar-refractivity contribution is 5.92. The maximum Gasteiger partial charge on any atom is 0.270 e. The van der Waals surface area contributed by atoms with Crippen molar-refractivity contribution in [1.29, 1.82) is 0 Å². The average molecular weight is 258 g/mol. The number of hydrogen-bond donors (Lipinski definition) is 2. The third-order valence-corrected chi connectivity index (χ3v) is 2.99. The Morgan fingerprint density at radius 1 is 1.41 bits per heavy atom. The van der Waals surface area contributed by atoms with Gasteiger partial charge in [-0.1, -0.05) is 13.8 Å². The Hall–Kier alpha value is -1.29. The van der Waals surface area contributed by atoms with Gasteiger partial charge in [-0.05, 0) is 31.9 Å². The van der Waals surface area contributed by atoms with E-state index in [4.69, 9.17) is 5.73 Å². The van der Waals surface area contributed by atoms with Gasteiger partial charge in [-0.25, -0.2) is 4.98 Å². The number of anilines is 1. The molecule has 1 aromatic heterocycles. The fourth-order valence-electron chi connectivity index (χ4n) is 1.30. The van der Waals surface area contributed by atoms with Crippen molar-refractivity contribution in [2.24, 2.45) is 0 Å². The molecule has 0 atom stereocenters. The number of carbonyl (C=O) groups excluding carboxylic acids is 1. The molecule has 5 heteroatoms. The van der Waals surface area contributed by atoms with Crippen LogP contribution in [0.5, 0.6) is 0 Å². The smallest absolute Gasteiger partial charge is 0.270 e. The van der Waals surface area contributed by atoms with Crippen LogP contribution in [0.2, 0.25) is 0 Å². The Bertz CT molecular complexity index is 361. The van der Waals surface area contributed by atoms with Crippen molar-refractivity contribution in [2.75, 3.05) is 5.73 Å². The van der Waals surface area contributed by atoms with E-state index in [1.807, 2.05) is 6.92 Å². The highest BCUT2D eigenvalue weighted by Crippen LogP contribution is 2.14. The van der Waals surface area contributed by atoms with Crippen LogP contribution < -0.4 is 11.1 Å². The zero-order valence-electron chi connectivity index (χ0n) is 10.5. The summed E-state index contributed by atoms with van der Waals surface area (Å²) in [6.45, 7) is 6.14. The summed E-state index contributed by atoms with van der Waals surface area (Å²) in [5.41, 5.74) is 6.31. The Labute approximate surface area is 108 Å². The molecule has 1 amide bonds. The van der Waals surface area contributed by atoms with Gasteiger partial charge in [0.2, 0.25) is 0 Å². The molecule has 3 N–H and O–H groups in total. The van der Waals surface area contributed by atoms with Gasteiger partial charge < -0.3 is 11.1 Å². The molecule has 0 aliphatic carbocycles. The lowest BCUT2D eigenvalue weighted by Crippen LogP contribution is -2.45. The molecule has 0 fully saturated rings. The number of nitrogens with zero attached hydrogens (tertiary/aromatic N) is 1. The lowest BCUT2D eigenvalue weighted by atomic mass is 9.95. The summed E-state index contributed by atoms with van der Waals surface area (Å²) in [6.07, 6.45) is 3.28. The minimum atomic E-state index is -0.167. The molecule has 0 unspecified atom stereocenters. The van der Waals surface area contributed by atoms with Gasteiger partial charge in [0.25, 0.3) is 5.91 Å². The van der Waals surface area contributed by atoms with Crippen LogP contribution in [0, 0.1) is 0 Å². The molecule has 0 aromatic carbocycles. The number of rotatable bonds is 4. The first-order chi connectivity index (χ1) is 7.50. The van der Waals surface area contributed by atoms with E-state index >= 15 is 0 Å². The van der Waals surface area contributed by atoms with Crippen LogP contribution in [0.15, 0.2) is 18.3 Å². The quantitative estimate of drug-likeness (QED) is 0.870. The van der Waals surface area contributed by atoms with Crippen molar-refractivity contribution in [3.63, 3.8) is 0 Å². The SMILES string of the molecule is CCC(C)(CC)NC(=O)c1ccc(N)cn1.Cl. The fourth-order valence-corrected chi connectivity index (χ4v) is 1.30. The summed E-state index contributed by atoms with van der Waals surface area (Å²) < 4.78 is 0. The van der Waals surface area contributed by atoms with Crippen LogP contribution in [0.25, 0.3) is 0 Å². The number of pyridine rings is 1. The Morgan fingerprint density at radius 3 is 2.41 bits per heavy atom. The van der Waals surface area contributed by atoms with Crippen molar-refractivity contribution in [3.05, 3.63) is 24.0 Å². The molecule has 1 aromatic rings. The molecular formula is C12H20ClN3O. The van der Waals surface area contributed by atoms with Gasteiger partial charge in [0, 0.05) is 5.54 Å². The summed E-state index contributed by atoms with van der Waals surface area (Å²) >= 11 is 0. The summed E-state index contributed by atoms with van der Waals surface area (Å²) in [7, 11) is 0. The normalized spacial score (nSPS) is 10.5. The Morgan fingerprint density at radius 2 is 2.00 bits per heavy atom. The van der Waals surface area contributed by atoms with Crippen LogP contribution in [0.3, 0.4) is 0 Å². The van der Waals surface area contributed by atoms with Crippen LogP contribution >= 0.6 is 12.4 Å². The number of halogens is 1. The first-order valence-electron chi connectivity index (χ1n) is 5.55. The minimum absolute atomic E-state index is 0. The van der Waals surface area contributed by atoms with E-state index < -0.39 is 0 Å². The average Bonchev–Trinajstić information content (AvgIpc) is 2.29. The highest BCUT2D eigenvalue weighted by atomic mass is 35.5. The largest absolute Gasteiger partial charge is 0.397 e. The van der Waals surface area contributed by atoms with Crippen molar-refractivity contribution in [2.45, 2.75) is 39.2 Å². The molecule has 0 aliphatic heterocycles. The first-order valence-corrected chi connectivity index (χ1v) is 5.55. The topological polar surface area (TPSA) is 68.0 Å². The maximum atomic E-state index is 11.9. The molecule has 17 heavy (non-hydrogen) atoms. The van der Waals surface area contributed by atoms with Gasteiger partial charge in [-0.3, -0.25) is 4.79 Å². The lowest BCUT2D eigenvalue weighted by Gasteiger charge is -2.27.